The standard InChI is InChI=1S/C13H13FN2OS/c14-10-4-3-6-11(9(10)8-15)18-12-5-1-2-7-16-13(12)17/h3-4,6,12H,1-2,5,7H2,(H,16,17). The van der Waals surface area contributed by atoms with Crippen molar-refractivity contribution >= 4 is 17.7 Å². The van der Waals surface area contributed by atoms with Gasteiger partial charge in [0.25, 0.3) is 0 Å². The van der Waals surface area contributed by atoms with Crippen LogP contribution in [0.15, 0.2) is 23.1 Å². The molecule has 0 saturated carbocycles. The average molecular weight is 264 g/mol. The van der Waals surface area contributed by atoms with Crippen LogP contribution >= 0.6 is 11.8 Å². The molecular formula is C13H13FN2OS. The molecular weight excluding hydrogens is 251 g/mol. The van der Waals surface area contributed by atoms with Crippen molar-refractivity contribution < 1.29 is 9.18 Å². The fourth-order valence-corrected chi connectivity index (χ4v) is 3.09. The van der Waals surface area contributed by atoms with E-state index in [9.17, 15) is 9.18 Å². The molecule has 1 atom stereocenters. The third-order valence-corrected chi connectivity index (χ3v) is 4.17. The summed E-state index contributed by atoms with van der Waals surface area (Å²) in [6, 6.07) is 6.36. The molecule has 0 bridgehead atoms. The van der Waals surface area contributed by atoms with E-state index in [2.05, 4.69) is 5.32 Å². The van der Waals surface area contributed by atoms with E-state index in [0.29, 0.717) is 11.4 Å². The minimum absolute atomic E-state index is 0.0225. The lowest BCUT2D eigenvalue weighted by atomic mass is 10.2. The number of benzene rings is 1. The second-order valence-corrected chi connectivity index (χ2v) is 5.36. The summed E-state index contributed by atoms with van der Waals surface area (Å²) in [6.07, 6.45) is 2.70. The van der Waals surface area contributed by atoms with E-state index in [4.69, 9.17) is 5.26 Å². The highest BCUT2D eigenvalue weighted by molar-refractivity contribution is 8.00. The molecule has 0 spiro atoms. The van der Waals surface area contributed by atoms with Gasteiger partial charge in [0.05, 0.1) is 5.25 Å². The van der Waals surface area contributed by atoms with Crippen LogP contribution in [0.4, 0.5) is 4.39 Å². The third kappa shape index (κ3) is 2.82. The van der Waals surface area contributed by atoms with Gasteiger partial charge in [-0.15, -0.1) is 11.8 Å². The fourth-order valence-electron chi connectivity index (χ4n) is 1.89. The predicted molar refractivity (Wildman–Crippen MR) is 67.6 cm³/mol. The van der Waals surface area contributed by atoms with Crippen LogP contribution in [0.3, 0.4) is 0 Å². The van der Waals surface area contributed by atoms with Crippen molar-refractivity contribution in [2.45, 2.75) is 29.4 Å². The van der Waals surface area contributed by atoms with Crippen molar-refractivity contribution in [3.63, 3.8) is 0 Å². The van der Waals surface area contributed by atoms with E-state index >= 15 is 0 Å². The molecule has 1 aromatic carbocycles. The van der Waals surface area contributed by atoms with E-state index in [0.717, 1.165) is 19.3 Å². The molecule has 2 rings (SSSR count). The zero-order chi connectivity index (χ0) is 13.0. The van der Waals surface area contributed by atoms with Gasteiger partial charge < -0.3 is 5.32 Å². The Hall–Kier alpha value is -1.54. The number of rotatable bonds is 2. The minimum Gasteiger partial charge on any atom is -0.355 e. The smallest absolute Gasteiger partial charge is 0.233 e. The van der Waals surface area contributed by atoms with Gasteiger partial charge in [-0.05, 0) is 25.0 Å². The average Bonchev–Trinajstić information content (AvgIpc) is 2.55. The summed E-state index contributed by atoms with van der Waals surface area (Å²) in [5, 5.41) is 11.5. The molecule has 1 unspecified atom stereocenters. The van der Waals surface area contributed by atoms with Crippen molar-refractivity contribution in [2.75, 3.05) is 6.54 Å². The summed E-state index contributed by atoms with van der Waals surface area (Å²) in [6.45, 7) is 0.699. The van der Waals surface area contributed by atoms with Gasteiger partial charge in [0, 0.05) is 11.4 Å². The first kappa shape index (κ1) is 12.9. The lowest BCUT2D eigenvalue weighted by Gasteiger charge is -2.13. The monoisotopic (exact) mass is 264 g/mol. The molecule has 18 heavy (non-hydrogen) atoms. The lowest BCUT2D eigenvalue weighted by Crippen LogP contribution is -2.30. The van der Waals surface area contributed by atoms with Crippen LogP contribution in [0.5, 0.6) is 0 Å². The van der Waals surface area contributed by atoms with Crippen LogP contribution in [0.1, 0.15) is 24.8 Å². The summed E-state index contributed by atoms with van der Waals surface area (Å²) >= 11 is 1.28. The Labute approximate surface area is 109 Å². The molecule has 1 aliphatic heterocycles. The first-order valence-corrected chi connectivity index (χ1v) is 6.73. The molecule has 1 aliphatic rings. The van der Waals surface area contributed by atoms with Gasteiger partial charge >= 0.3 is 0 Å². The number of carbonyl (C=O) groups is 1. The summed E-state index contributed by atoms with van der Waals surface area (Å²) < 4.78 is 13.4. The van der Waals surface area contributed by atoms with Gasteiger partial charge in [-0.25, -0.2) is 4.39 Å². The number of thioether (sulfide) groups is 1. The highest BCUT2D eigenvalue weighted by Gasteiger charge is 2.23. The second-order valence-electron chi connectivity index (χ2n) is 4.12. The summed E-state index contributed by atoms with van der Waals surface area (Å²) in [5.74, 6) is -0.554. The molecule has 1 N–H and O–H groups in total. The molecule has 3 nitrogen and oxygen atoms in total. The maximum atomic E-state index is 13.4. The number of halogens is 1. The Morgan fingerprint density at radius 1 is 1.44 bits per heavy atom. The quantitative estimate of drug-likeness (QED) is 0.892. The van der Waals surface area contributed by atoms with E-state index in [1.54, 1.807) is 12.1 Å². The molecule has 1 amide bonds. The molecule has 5 heteroatoms. The Kier molecular flexibility index (Phi) is 4.21. The molecule has 1 saturated heterocycles. The molecule has 0 aromatic heterocycles. The predicted octanol–water partition coefficient (Wildman–Crippen LogP) is 2.46. The number of nitrogens with one attached hydrogen (secondary N) is 1. The van der Waals surface area contributed by atoms with Gasteiger partial charge in [0.2, 0.25) is 5.91 Å². The molecule has 0 radical (unpaired) electrons. The van der Waals surface area contributed by atoms with Crippen LogP contribution in [-0.4, -0.2) is 17.7 Å². The molecule has 0 aliphatic carbocycles. The highest BCUT2D eigenvalue weighted by atomic mass is 32.2. The maximum absolute atomic E-state index is 13.4. The largest absolute Gasteiger partial charge is 0.355 e. The van der Waals surface area contributed by atoms with E-state index < -0.39 is 5.82 Å². The zero-order valence-corrected chi connectivity index (χ0v) is 10.6. The second kappa shape index (κ2) is 5.87. The van der Waals surface area contributed by atoms with Crippen LogP contribution in [-0.2, 0) is 4.79 Å². The third-order valence-electron chi connectivity index (χ3n) is 2.84. The highest BCUT2D eigenvalue weighted by Crippen LogP contribution is 2.31. The molecule has 94 valence electrons. The number of nitrogens with zero attached hydrogens (tertiary/aromatic N) is 1. The van der Waals surface area contributed by atoms with Crippen LogP contribution in [0.25, 0.3) is 0 Å². The fraction of sp³-hybridized carbons (Fsp3) is 0.385. The SMILES string of the molecule is N#Cc1c(F)cccc1SC1CCCCNC1=O. The number of hydrogen-bond acceptors (Lipinski definition) is 3. The molecule has 1 heterocycles. The Morgan fingerprint density at radius 2 is 2.28 bits per heavy atom. The van der Waals surface area contributed by atoms with Crippen molar-refractivity contribution in [2.24, 2.45) is 0 Å². The van der Waals surface area contributed by atoms with Gasteiger partial charge in [-0.1, -0.05) is 12.5 Å². The first-order valence-electron chi connectivity index (χ1n) is 5.85. The summed E-state index contributed by atoms with van der Waals surface area (Å²) in [7, 11) is 0. The summed E-state index contributed by atoms with van der Waals surface area (Å²) in [4.78, 5) is 12.3. The Balaban J connectivity index is 2.20. The molecule has 1 fully saturated rings. The van der Waals surface area contributed by atoms with Gasteiger partial charge in [-0.2, -0.15) is 5.26 Å². The topological polar surface area (TPSA) is 52.9 Å². The molecule has 1 aromatic rings. The number of carbonyl (C=O) groups excluding carboxylic acids is 1. The van der Waals surface area contributed by atoms with Crippen molar-refractivity contribution in [1.29, 1.82) is 5.26 Å². The van der Waals surface area contributed by atoms with Crippen molar-refractivity contribution in [3.8, 4) is 6.07 Å². The van der Waals surface area contributed by atoms with Gasteiger partial charge in [-0.3, -0.25) is 4.79 Å². The lowest BCUT2D eigenvalue weighted by molar-refractivity contribution is -0.120. The van der Waals surface area contributed by atoms with Crippen molar-refractivity contribution in [3.05, 3.63) is 29.6 Å². The van der Waals surface area contributed by atoms with E-state index in [1.807, 2.05) is 6.07 Å². The normalized spacial score (nSPS) is 19.8. The van der Waals surface area contributed by atoms with Crippen LogP contribution in [0.2, 0.25) is 0 Å². The number of nitriles is 1. The van der Waals surface area contributed by atoms with E-state index in [1.165, 1.54) is 17.8 Å². The number of amides is 1. The van der Waals surface area contributed by atoms with E-state index in [-0.39, 0.29) is 16.7 Å². The first-order chi connectivity index (χ1) is 8.72. The zero-order valence-electron chi connectivity index (χ0n) is 9.78. The number of hydrogen-bond donors (Lipinski definition) is 1. The Bertz CT molecular complexity index is 498. The summed E-state index contributed by atoms with van der Waals surface area (Å²) in [5.41, 5.74) is 0.0274. The van der Waals surface area contributed by atoms with Gasteiger partial charge in [0.1, 0.15) is 17.4 Å². The van der Waals surface area contributed by atoms with Crippen LogP contribution < -0.4 is 5.32 Å². The Morgan fingerprint density at radius 3 is 3.06 bits per heavy atom. The maximum Gasteiger partial charge on any atom is 0.233 e. The minimum atomic E-state index is -0.531. The van der Waals surface area contributed by atoms with Gasteiger partial charge in [0.15, 0.2) is 0 Å². The van der Waals surface area contributed by atoms with Crippen molar-refractivity contribution in [1.82, 2.24) is 5.32 Å². The van der Waals surface area contributed by atoms with Crippen LogP contribution in [0, 0.1) is 17.1 Å².